The van der Waals surface area contributed by atoms with Crippen LogP contribution in [0.5, 0.6) is 0 Å². The zero-order chi connectivity index (χ0) is 14.3. The molecule has 0 N–H and O–H groups in total. The fraction of sp³-hybridized carbons (Fsp3) is 0.222. The van der Waals surface area contributed by atoms with Gasteiger partial charge in [-0.25, -0.2) is 0 Å². The van der Waals surface area contributed by atoms with Crippen LogP contribution in [0.3, 0.4) is 0 Å². The summed E-state index contributed by atoms with van der Waals surface area (Å²) < 4.78 is 73.4. The summed E-state index contributed by atoms with van der Waals surface area (Å²) in [4.78, 5) is 10.8. The van der Waals surface area contributed by atoms with Crippen LogP contribution < -0.4 is 0 Å². The molecule has 0 aliphatic rings. The van der Waals surface area contributed by atoms with Gasteiger partial charge in [0.05, 0.1) is 15.6 Å². The van der Waals surface area contributed by atoms with Gasteiger partial charge in [0.2, 0.25) is 0 Å². The van der Waals surface area contributed by atoms with Gasteiger partial charge >= 0.3 is 12.4 Å². The molecule has 0 aliphatic carbocycles. The lowest BCUT2D eigenvalue weighted by atomic mass is 10.1. The van der Waals surface area contributed by atoms with Gasteiger partial charge in [-0.2, -0.15) is 26.3 Å². The van der Waals surface area contributed by atoms with Gasteiger partial charge in [-0.15, -0.1) is 0 Å². The maximum atomic E-state index is 12.4. The van der Waals surface area contributed by atoms with E-state index in [4.69, 9.17) is 23.2 Å². The Balaban J connectivity index is 3.37. The van der Waals surface area contributed by atoms with Crippen LogP contribution in [0, 0.1) is 0 Å². The lowest BCUT2D eigenvalue weighted by Gasteiger charge is -2.13. The second-order valence-electron chi connectivity index (χ2n) is 3.14. The summed E-state index contributed by atoms with van der Waals surface area (Å²) in [5, 5.41) is -2.13. The Morgan fingerprint density at radius 2 is 1.33 bits per heavy atom. The highest BCUT2D eigenvalue weighted by atomic mass is 35.5. The molecule has 9 heteroatoms. The molecule has 0 aromatic heterocycles. The summed E-state index contributed by atoms with van der Waals surface area (Å²) in [5.74, 6) is -2.32. The average Bonchev–Trinajstić information content (AvgIpc) is 2.11. The van der Waals surface area contributed by atoms with E-state index in [0.29, 0.717) is 0 Å². The molecule has 0 saturated carbocycles. The molecule has 1 aromatic carbocycles. The van der Waals surface area contributed by atoms with Crippen molar-refractivity contribution in [2.24, 2.45) is 0 Å². The highest BCUT2D eigenvalue weighted by molar-refractivity contribution is 6.36. The lowest BCUT2D eigenvalue weighted by Crippen LogP contribution is -2.23. The van der Waals surface area contributed by atoms with E-state index in [9.17, 15) is 31.1 Å². The number of carbonyl (C=O) groups is 1. The van der Waals surface area contributed by atoms with Crippen molar-refractivity contribution >= 4 is 29.0 Å². The van der Waals surface area contributed by atoms with Gasteiger partial charge in [0.1, 0.15) is 0 Å². The van der Waals surface area contributed by atoms with Crippen molar-refractivity contribution in [3.8, 4) is 0 Å². The number of hydrogen-bond donors (Lipinski definition) is 0. The predicted octanol–water partition coefficient (Wildman–Crippen LogP) is 4.76. The number of carbonyl (C=O) groups excluding carboxylic acids is 1. The first kappa shape index (κ1) is 15.1. The molecule has 0 radical (unpaired) electrons. The Morgan fingerprint density at radius 1 is 0.944 bits per heavy atom. The van der Waals surface area contributed by atoms with Gasteiger partial charge in [0.25, 0.3) is 5.78 Å². The minimum Gasteiger partial charge on any atom is -0.284 e. The van der Waals surface area contributed by atoms with Gasteiger partial charge in [-0.1, -0.05) is 23.2 Å². The zero-order valence-electron chi connectivity index (χ0n) is 8.09. The molecular weight excluding hydrogens is 309 g/mol. The molecular formula is C9H2Cl2F6O. The molecule has 0 aliphatic heterocycles. The Morgan fingerprint density at radius 3 is 1.61 bits per heavy atom. The number of ketones is 1. The number of rotatable bonds is 1. The Kier molecular flexibility index (Phi) is 3.88. The van der Waals surface area contributed by atoms with Crippen molar-refractivity contribution < 1.29 is 31.1 Å². The molecule has 0 spiro atoms. The molecule has 0 fully saturated rings. The number of hydrogen-bond acceptors (Lipinski definition) is 1. The van der Waals surface area contributed by atoms with E-state index in [1.165, 1.54) is 0 Å². The van der Waals surface area contributed by atoms with Crippen molar-refractivity contribution in [3.63, 3.8) is 0 Å². The van der Waals surface area contributed by atoms with E-state index >= 15 is 0 Å². The van der Waals surface area contributed by atoms with Crippen LogP contribution in [0.4, 0.5) is 26.3 Å². The van der Waals surface area contributed by atoms with Crippen LogP contribution in [0.1, 0.15) is 15.9 Å². The van der Waals surface area contributed by atoms with E-state index in [2.05, 4.69) is 0 Å². The molecule has 100 valence electrons. The van der Waals surface area contributed by atoms with Crippen LogP contribution in [-0.2, 0) is 6.18 Å². The molecule has 0 unspecified atom stereocenters. The van der Waals surface area contributed by atoms with Crippen molar-refractivity contribution in [3.05, 3.63) is 33.3 Å². The van der Waals surface area contributed by atoms with Gasteiger partial charge < -0.3 is 0 Å². The average molecular weight is 311 g/mol. The SMILES string of the molecule is O=C(c1cc(Cl)c(C(F)(F)F)c(Cl)c1)C(F)(F)F. The van der Waals surface area contributed by atoms with Crippen LogP contribution in [-0.4, -0.2) is 12.0 Å². The summed E-state index contributed by atoms with van der Waals surface area (Å²) >= 11 is 10.4. The molecule has 0 saturated heterocycles. The monoisotopic (exact) mass is 310 g/mol. The molecule has 0 bridgehead atoms. The van der Waals surface area contributed by atoms with E-state index in [1.807, 2.05) is 0 Å². The normalized spacial score (nSPS) is 12.7. The number of halogens is 8. The smallest absolute Gasteiger partial charge is 0.284 e. The van der Waals surface area contributed by atoms with Gasteiger partial charge in [-0.3, -0.25) is 4.79 Å². The maximum Gasteiger partial charge on any atom is 0.454 e. The number of benzene rings is 1. The number of alkyl halides is 6. The van der Waals surface area contributed by atoms with Crippen LogP contribution >= 0.6 is 23.2 Å². The first-order chi connectivity index (χ1) is 7.94. The second kappa shape index (κ2) is 4.62. The highest BCUT2D eigenvalue weighted by Crippen LogP contribution is 2.40. The third kappa shape index (κ3) is 3.08. The standard InChI is InChI=1S/C9H2Cl2F6O/c10-4-1-3(7(18)9(15,16)17)2-5(11)6(4)8(12,13)14/h1-2H. The van der Waals surface area contributed by atoms with Crippen molar-refractivity contribution in [1.29, 1.82) is 0 Å². The molecule has 1 aromatic rings. The molecule has 0 heterocycles. The minimum absolute atomic E-state index is 0.284. The summed E-state index contributed by atoms with van der Waals surface area (Å²) in [5.41, 5.74) is -2.53. The minimum atomic E-state index is -5.22. The molecule has 1 nitrogen and oxygen atoms in total. The Hall–Kier alpha value is -0.950. The van der Waals surface area contributed by atoms with Crippen LogP contribution in [0.2, 0.25) is 10.0 Å². The summed E-state index contributed by atoms with van der Waals surface area (Å²) in [6, 6.07) is 0.568. The van der Waals surface area contributed by atoms with E-state index < -0.39 is 39.3 Å². The van der Waals surface area contributed by atoms with E-state index in [0.717, 1.165) is 0 Å². The fourth-order valence-electron chi connectivity index (χ4n) is 1.14. The fourth-order valence-corrected chi connectivity index (χ4v) is 1.84. The van der Waals surface area contributed by atoms with Gasteiger partial charge in [0.15, 0.2) is 0 Å². The third-order valence-electron chi connectivity index (χ3n) is 1.85. The van der Waals surface area contributed by atoms with Crippen LogP contribution in [0.15, 0.2) is 12.1 Å². The van der Waals surface area contributed by atoms with Crippen molar-refractivity contribution in [2.75, 3.05) is 0 Å². The van der Waals surface area contributed by atoms with Gasteiger partial charge in [0, 0.05) is 5.56 Å². The van der Waals surface area contributed by atoms with Gasteiger partial charge in [-0.05, 0) is 12.1 Å². The molecule has 18 heavy (non-hydrogen) atoms. The molecule has 0 amide bonds. The third-order valence-corrected chi connectivity index (χ3v) is 2.44. The zero-order valence-corrected chi connectivity index (χ0v) is 9.60. The molecule has 1 rings (SSSR count). The lowest BCUT2D eigenvalue weighted by molar-refractivity contribution is -0.137. The topological polar surface area (TPSA) is 17.1 Å². The summed E-state index contributed by atoms with van der Waals surface area (Å²) in [6.45, 7) is 0. The summed E-state index contributed by atoms with van der Waals surface area (Å²) in [7, 11) is 0. The van der Waals surface area contributed by atoms with Crippen molar-refractivity contribution in [1.82, 2.24) is 0 Å². The van der Waals surface area contributed by atoms with E-state index in [-0.39, 0.29) is 12.1 Å². The highest BCUT2D eigenvalue weighted by Gasteiger charge is 2.41. The van der Waals surface area contributed by atoms with Crippen LogP contribution in [0.25, 0.3) is 0 Å². The largest absolute Gasteiger partial charge is 0.454 e. The Bertz CT molecular complexity index is 468. The molecule has 0 atom stereocenters. The second-order valence-corrected chi connectivity index (χ2v) is 3.95. The number of Topliss-reactive ketones (excluding diaryl/α,β-unsaturated/α-hetero) is 1. The summed E-state index contributed by atoms with van der Waals surface area (Å²) in [6.07, 6.45) is -10.1. The first-order valence-corrected chi connectivity index (χ1v) is 4.88. The Labute approximate surface area is 106 Å². The van der Waals surface area contributed by atoms with Crippen molar-refractivity contribution in [2.45, 2.75) is 12.4 Å². The quantitative estimate of drug-likeness (QED) is 0.540. The van der Waals surface area contributed by atoms with E-state index in [1.54, 1.807) is 0 Å². The predicted molar refractivity (Wildman–Crippen MR) is 51.8 cm³/mol. The maximum absolute atomic E-state index is 12.4. The first-order valence-electron chi connectivity index (χ1n) is 4.12.